The van der Waals surface area contributed by atoms with Crippen molar-refractivity contribution in [2.75, 3.05) is 37.8 Å². The van der Waals surface area contributed by atoms with Crippen LogP contribution in [0.4, 0.5) is 15.4 Å². The van der Waals surface area contributed by atoms with Gasteiger partial charge in [0, 0.05) is 19.3 Å². The van der Waals surface area contributed by atoms with Crippen molar-refractivity contribution in [1.29, 1.82) is 0 Å². The van der Waals surface area contributed by atoms with Gasteiger partial charge >= 0.3 is 19.9 Å². The van der Waals surface area contributed by atoms with Gasteiger partial charge in [0.25, 0.3) is 0 Å². The molecule has 4 rings (SSSR count). The van der Waals surface area contributed by atoms with E-state index >= 15 is 0 Å². The van der Waals surface area contributed by atoms with Gasteiger partial charge in [-0.3, -0.25) is 4.57 Å². The summed E-state index contributed by atoms with van der Waals surface area (Å²) in [5.74, 6) is 0.618. The van der Waals surface area contributed by atoms with Gasteiger partial charge in [-0.15, -0.1) is 0 Å². The Balaban J connectivity index is 1.56. The van der Waals surface area contributed by atoms with Gasteiger partial charge in [-0.1, -0.05) is 0 Å². The molecule has 2 aliphatic rings. The number of hydrogen-bond acceptors (Lipinski definition) is 14. The lowest BCUT2D eigenvalue weighted by Crippen LogP contribution is -2.47. The average Bonchev–Trinajstić information content (AvgIpc) is 3.67. The van der Waals surface area contributed by atoms with E-state index < -0.39 is 81.8 Å². The van der Waals surface area contributed by atoms with Crippen molar-refractivity contribution in [3.8, 4) is 0 Å². The van der Waals surface area contributed by atoms with Gasteiger partial charge in [-0.2, -0.15) is 9.97 Å². The molecule has 0 spiro atoms. The second-order valence-electron chi connectivity index (χ2n) is 11.2. The van der Waals surface area contributed by atoms with Crippen LogP contribution in [0.2, 0.25) is 5.28 Å². The number of rotatable bonds is 12. The Morgan fingerprint density at radius 3 is 2.16 bits per heavy atom. The summed E-state index contributed by atoms with van der Waals surface area (Å²) in [7, 11) is -5.43. The molecule has 2 aliphatic heterocycles. The standard InChI is InChI=1S/C26H38ClN4O13P/c1-14(2)42-24(34)39-12-26(45(36,37)38,13-40-25(35)43-15(3)4)41-11-17-18(32)19(33)22(44-17)31-10-7-16-20(30-8-5-6-9-30)28-23(27)29-21(16)31/h7,10,14-15,17-19,22,32-33H,5-6,8-9,11-13H2,1-4H3,(H2,36,37,38)/t17-,18-,19-,22-/m1/s1. The van der Waals surface area contributed by atoms with Crippen LogP contribution < -0.4 is 4.90 Å². The Bertz CT molecular complexity index is 1370. The van der Waals surface area contributed by atoms with Crippen molar-refractivity contribution in [3.05, 3.63) is 17.5 Å². The fourth-order valence-corrected chi connectivity index (χ4v) is 5.74. The van der Waals surface area contributed by atoms with E-state index in [2.05, 4.69) is 14.9 Å². The molecule has 2 aromatic heterocycles. The molecule has 2 fully saturated rings. The van der Waals surface area contributed by atoms with Crippen LogP contribution in [0.15, 0.2) is 12.3 Å². The molecule has 0 amide bonds. The minimum Gasteiger partial charge on any atom is -0.432 e. The van der Waals surface area contributed by atoms with Crippen LogP contribution in [0.5, 0.6) is 0 Å². The maximum absolute atomic E-state index is 12.8. The third kappa shape index (κ3) is 8.16. The zero-order valence-corrected chi connectivity index (χ0v) is 26.8. The molecule has 2 aromatic rings. The van der Waals surface area contributed by atoms with Crippen molar-refractivity contribution >= 4 is 48.4 Å². The molecule has 19 heteroatoms. The van der Waals surface area contributed by atoms with Crippen molar-refractivity contribution < 1.29 is 62.6 Å². The van der Waals surface area contributed by atoms with E-state index in [-0.39, 0.29) is 5.28 Å². The van der Waals surface area contributed by atoms with Gasteiger partial charge in [0.2, 0.25) is 10.6 Å². The van der Waals surface area contributed by atoms with Gasteiger partial charge < -0.3 is 57.9 Å². The van der Waals surface area contributed by atoms with E-state index in [1.54, 1.807) is 12.3 Å². The van der Waals surface area contributed by atoms with Gasteiger partial charge in [0.15, 0.2) is 6.23 Å². The van der Waals surface area contributed by atoms with Crippen LogP contribution in [0, 0.1) is 0 Å². The highest BCUT2D eigenvalue weighted by molar-refractivity contribution is 7.53. The molecule has 45 heavy (non-hydrogen) atoms. The number of ether oxygens (including phenoxy) is 6. The summed E-state index contributed by atoms with van der Waals surface area (Å²) < 4.78 is 45.3. The molecular formula is C26H38ClN4O13P. The predicted molar refractivity (Wildman–Crippen MR) is 156 cm³/mol. The molecule has 2 saturated heterocycles. The molecule has 17 nitrogen and oxygen atoms in total. The number of carbonyl (C=O) groups excluding carboxylic acids is 2. The van der Waals surface area contributed by atoms with Crippen LogP contribution in [0.3, 0.4) is 0 Å². The molecule has 0 saturated carbocycles. The van der Waals surface area contributed by atoms with Crippen LogP contribution >= 0.6 is 19.2 Å². The summed E-state index contributed by atoms with van der Waals surface area (Å²) in [5.41, 5.74) is 0.327. The maximum atomic E-state index is 12.8. The molecule has 4 N–H and O–H groups in total. The Morgan fingerprint density at radius 2 is 1.62 bits per heavy atom. The van der Waals surface area contributed by atoms with Crippen LogP contribution in [-0.4, -0.2) is 116 Å². The highest BCUT2D eigenvalue weighted by atomic mass is 35.5. The number of anilines is 1. The molecule has 4 heterocycles. The fraction of sp³-hybridized carbons (Fsp3) is 0.692. The molecule has 0 aromatic carbocycles. The summed E-state index contributed by atoms with van der Waals surface area (Å²) in [6.45, 7) is 4.69. The number of aliphatic hydroxyl groups is 2. The van der Waals surface area contributed by atoms with Gasteiger partial charge in [0.1, 0.15) is 43.0 Å². The van der Waals surface area contributed by atoms with Gasteiger partial charge in [-0.05, 0) is 58.2 Å². The highest BCUT2D eigenvalue weighted by Gasteiger charge is 2.54. The number of fused-ring (bicyclic) bond motifs is 1. The topological polar surface area (TPSA) is 221 Å². The summed E-state index contributed by atoms with van der Waals surface area (Å²) in [6.07, 6.45) is -5.94. The summed E-state index contributed by atoms with van der Waals surface area (Å²) in [5, 5.41) is 19.7. The summed E-state index contributed by atoms with van der Waals surface area (Å²) in [4.78, 5) is 55.5. The zero-order valence-electron chi connectivity index (χ0n) is 25.1. The van der Waals surface area contributed by atoms with Crippen LogP contribution in [0.1, 0.15) is 46.8 Å². The fourth-order valence-electron chi connectivity index (χ4n) is 4.87. The van der Waals surface area contributed by atoms with Crippen molar-refractivity contribution in [1.82, 2.24) is 14.5 Å². The Morgan fingerprint density at radius 1 is 1.04 bits per heavy atom. The number of nitrogens with zero attached hydrogens (tertiary/aromatic N) is 4. The minimum absolute atomic E-state index is 0.0318. The first-order valence-electron chi connectivity index (χ1n) is 14.3. The van der Waals surface area contributed by atoms with Crippen molar-refractivity contribution in [3.63, 3.8) is 0 Å². The van der Waals surface area contributed by atoms with Crippen molar-refractivity contribution in [2.45, 2.75) is 82.6 Å². The second kappa shape index (κ2) is 14.3. The number of aliphatic hydroxyl groups excluding tert-OH is 2. The molecule has 0 bridgehead atoms. The molecule has 4 atom stereocenters. The van der Waals surface area contributed by atoms with Crippen LogP contribution in [0.25, 0.3) is 11.0 Å². The minimum atomic E-state index is -5.43. The van der Waals surface area contributed by atoms with Gasteiger partial charge in [0.05, 0.1) is 24.2 Å². The molecule has 0 radical (unpaired) electrons. The normalized spacial score (nSPS) is 22.4. The number of carbonyl (C=O) groups is 2. The third-order valence-electron chi connectivity index (χ3n) is 7.08. The molecule has 252 valence electrons. The highest BCUT2D eigenvalue weighted by Crippen LogP contribution is 2.52. The zero-order chi connectivity index (χ0) is 33.1. The maximum Gasteiger partial charge on any atom is 0.508 e. The van der Waals surface area contributed by atoms with E-state index in [0.29, 0.717) is 16.9 Å². The van der Waals surface area contributed by atoms with E-state index in [1.165, 1.54) is 32.3 Å². The van der Waals surface area contributed by atoms with Gasteiger partial charge in [-0.25, -0.2) is 9.59 Å². The van der Waals surface area contributed by atoms with E-state index in [9.17, 15) is 34.2 Å². The number of halogens is 1. The Hall–Kier alpha value is -2.76. The SMILES string of the molecule is CC(C)OC(=O)OCC(COC(=O)OC(C)C)(OC[C@H]1O[C@@H](n2ccc3c(N4CCCC4)nc(Cl)nc32)[C@H](O)[C@@H]1O)P(=O)(O)O. The Labute approximate surface area is 263 Å². The third-order valence-corrected chi connectivity index (χ3v) is 8.70. The quantitative estimate of drug-likeness (QED) is 0.143. The first-order chi connectivity index (χ1) is 21.1. The lowest BCUT2D eigenvalue weighted by molar-refractivity contribution is -0.129. The smallest absolute Gasteiger partial charge is 0.432 e. The second-order valence-corrected chi connectivity index (χ2v) is 13.5. The lowest BCUT2D eigenvalue weighted by atomic mass is 10.1. The van der Waals surface area contributed by atoms with Crippen LogP contribution in [-0.2, 0) is 33.0 Å². The molecule has 0 unspecified atom stereocenters. The molecule has 0 aliphatic carbocycles. The molecular weight excluding hydrogens is 643 g/mol. The predicted octanol–water partition coefficient (Wildman–Crippen LogP) is 2.32. The monoisotopic (exact) mass is 680 g/mol. The van der Waals surface area contributed by atoms with E-state index in [4.69, 9.17) is 40.0 Å². The summed E-state index contributed by atoms with van der Waals surface area (Å²) in [6, 6.07) is 1.73. The average molecular weight is 681 g/mol. The Kier molecular flexibility index (Phi) is 11.2. The van der Waals surface area contributed by atoms with Crippen molar-refractivity contribution in [2.24, 2.45) is 0 Å². The first-order valence-corrected chi connectivity index (χ1v) is 16.3. The largest absolute Gasteiger partial charge is 0.508 e. The van der Waals surface area contributed by atoms with E-state index in [1.807, 2.05) is 0 Å². The summed E-state index contributed by atoms with van der Waals surface area (Å²) >= 11 is 6.24. The number of hydrogen-bond donors (Lipinski definition) is 4. The van der Waals surface area contributed by atoms with E-state index in [0.717, 1.165) is 25.9 Å². The first kappa shape index (κ1) is 35.1. The number of aromatic nitrogens is 3. The lowest BCUT2D eigenvalue weighted by Gasteiger charge is -2.33.